The maximum atomic E-state index is 11.6. The van der Waals surface area contributed by atoms with E-state index in [-0.39, 0.29) is 17.3 Å². The van der Waals surface area contributed by atoms with Gasteiger partial charge in [-0.05, 0) is 55.4 Å². The van der Waals surface area contributed by atoms with Crippen LogP contribution in [0.15, 0.2) is 0 Å². The van der Waals surface area contributed by atoms with Crippen molar-refractivity contribution in [3.8, 4) is 0 Å². The zero-order valence-electron chi connectivity index (χ0n) is 11.0. The molecule has 2 fully saturated rings. The maximum Gasteiger partial charge on any atom is 0.150 e. The van der Waals surface area contributed by atoms with Gasteiger partial charge in [0.15, 0.2) is 0 Å². The molecule has 1 saturated carbocycles. The average Bonchev–Trinajstić information content (AvgIpc) is 2.38. The van der Waals surface area contributed by atoms with Gasteiger partial charge in [-0.25, -0.2) is 8.42 Å². The highest BCUT2D eigenvalue weighted by Crippen LogP contribution is 2.36. The first-order valence-electron chi connectivity index (χ1n) is 6.93. The van der Waals surface area contributed by atoms with E-state index in [1.54, 1.807) is 0 Å². The van der Waals surface area contributed by atoms with E-state index in [0.717, 1.165) is 31.4 Å². The van der Waals surface area contributed by atoms with E-state index in [1.807, 2.05) is 11.8 Å². The first-order chi connectivity index (χ1) is 8.48. The summed E-state index contributed by atoms with van der Waals surface area (Å²) in [5, 5.41) is 10.3. The zero-order chi connectivity index (χ0) is 13.2. The summed E-state index contributed by atoms with van der Waals surface area (Å²) in [7, 11) is -2.94. The Morgan fingerprint density at radius 1 is 1.17 bits per heavy atom. The predicted molar refractivity (Wildman–Crippen MR) is 76.6 cm³/mol. The summed E-state index contributed by atoms with van der Waals surface area (Å²) in [6.07, 6.45) is 6.73. The van der Waals surface area contributed by atoms with Crippen molar-refractivity contribution in [2.24, 2.45) is 11.8 Å². The molecule has 18 heavy (non-hydrogen) atoms. The Bertz CT molecular complexity index is 360. The fourth-order valence-corrected chi connectivity index (χ4v) is 5.70. The third kappa shape index (κ3) is 3.64. The molecule has 1 heterocycles. The summed E-state index contributed by atoms with van der Waals surface area (Å²) in [6.45, 7) is 0. The van der Waals surface area contributed by atoms with Gasteiger partial charge in [0.05, 0.1) is 11.4 Å². The van der Waals surface area contributed by atoms with Gasteiger partial charge >= 0.3 is 0 Å². The quantitative estimate of drug-likeness (QED) is 0.865. The van der Waals surface area contributed by atoms with Gasteiger partial charge < -0.3 is 5.11 Å². The minimum Gasteiger partial charge on any atom is -0.393 e. The molecule has 3 nitrogen and oxygen atoms in total. The van der Waals surface area contributed by atoms with E-state index >= 15 is 0 Å². The van der Waals surface area contributed by atoms with E-state index in [4.69, 9.17) is 0 Å². The highest BCUT2D eigenvalue weighted by molar-refractivity contribution is 7.99. The Balaban J connectivity index is 1.95. The Morgan fingerprint density at radius 2 is 1.89 bits per heavy atom. The van der Waals surface area contributed by atoms with Crippen LogP contribution in [0.25, 0.3) is 0 Å². The van der Waals surface area contributed by atoms with Gasteiger partial charge in [0.1, 0.15) is 9.84 Å². The molecule has 0 amide bonds. The van der Waals surface area contributed by atoms with E-state index < -0.39 is 9.84 Å². The van der Waals surface area contributed by atoms with Crippen LogP contribution in [-0.4, -0.2) is 42.6 Å². The van der Waals surface area contributed by atoms with Crippen LogP contribution >= 0.6 is 11.8 Å². The number of aliphatic hydroxyl groups is 1. The molecule has 0 bridgehead atoms. The molecule has 0 aromatic heterocycles. The SMILES string of the molecule is CS(=O)(=O)C1CCCC(C(O)C2CCCSC2)C1. The lowest BCUT2D eigenvalue weighted by molar-refractivity contribution is 0.0380. The lowest BCUT2D eigenvalue weighted by Gasteiger charge is -2.36. The van der Waals surface area contributed by atoms with Crippen molar-refractivity contribution < 1.29 is 13.5 Å². The normalized spacial score (nSPS) is 36.2. The molecule has 4 unspecified atom stereocenters. The van der Waals surface area contributed by atoms with Gasteiger partial charge in [0.25, 0.3) is 0 Å². The van der Waals surface area contributed by atoms with Gasteiger partial charge in [0.2, 0.25) is 0 Å². The number of thioether (sulfide) groups is 1. The van der Waals surface area contributed by atoms with Crippen LogP contribution in [0.4, 0.5) is 0 Å². The fraction of sp³-hybridized carbons (Fsp3) is 1.00. The molecule has 0 radical (unpaired) electrons. The van der Waals surface area contributed by atoms with Crippen LogP contribution in [0.2, 0.25) is 0 Å². The maximum absolute atomic E-state index is 11.6. The molecule has 1 N–H and O–H groups in total. The van der Waals surface area contributed by atoms with Gasteiger partial charge in [0, 0.05) is 6.26 Å². The molecular weight excluding hydrogens is 268 g/mol. The Hall–Kier alpha value is 0.260. The van der Waals surface area contributed by atoms with Crippen molar-refractivity contribution >= 4 is 21.6 Å². The predicted octanol–water partition coefficient (Wildman–Crippen LogP) is 2.09. The number of sulfone groups is 1. The molecule has 4 atom stereocenters. The van der Waals surface area contributed by atoms with Gasteiger partial charge in [-0.1, -0.05) is 6.42 Å². The average molecular weight is 292 g/mol. The van der Waals surface area contributed by atoms with Gasteiger partial charge in [-0.3, -0.25) is 0 Å². The minimum absolute atomic E-state index is 0.196. The summed E-state index contributed by atoms with van der Waals surface area (Å²) >= 11 is 1.92. The molecule has 1 aliphatic carbocycles. The van der Waals surface area contributed by atoms with Crippen molar-refractivity contribution in [2.45, 2.75) is 49.9 Å². The minimum atomic E-state index is -2.94. The van der Waals surface area contributed by atoms with E-state index in [1.165, 1.54) is 18.4 Å². The fourth-order valence-electron chi connectivity index (χ4n) is 3.30. The number of aliphatic hydroxyl groups excluding tert-OH is 1. The van der Waals surface area contributed by atoms with E-state index in [0.29, 0.717) is 12.3 Å². The molecule has 1 aliphatic heterocycles. The third-order valence-corrected chi connectivity index (χ3v) is 7.31. The first-order valence-corrected chi connectivity index (χ1v) is 10.0. The smallest absolute Gasteiger partial charge is 0.150 e. The van der Waals surface area contributed by atoms with Crippen LogP contribution < -0.4 is 0 Å². The van der Waals surface area contributed by atoms with Crippen molar-refractivity contribution in [1.29, 1.82) is 0 Å². The largest absolute Gasteiger partial charge is 0.393 e. The summed E-state index contributed by atoms with van der Waals surface area (Å²) < 4.78 is 23.3. The molecule has 2 aliphatic rings. The molecule has 106 valence electrons. The van der Waals surface area contributed by atoms with Crippen molar-refractivity contribution in [3.05, 3.63) is 0 Å². The molecular formula is C13H24O3S2. The summed E-state index contributed by atoms with van der Waals surface area (Å²) in [5.74, 6) is 2.83. The summed E-state index contributed by atoms with van der Waals surface area (Å²) in [4.78, 5) is 0. The summed E-state index contributed by atoms with van der Waals surface area (Å²) in [5.41, 5.74) is 0. The number of hydrogen-bond donors (Lipinski definition) is 1. The highest BCUT2D eigenvalue weighted by Gasteiger charge is 2.35. The topological polar surface area (TPSA) is 54.4 Å². The van der Waals surface area contributed by atoms with Crippen LogP contribution in [0.5, 0.6) is 0 Å². The second-order valence-corrected chi connectivity index (χ2v) is 9.32. The Labute approximate surface area is 115 Å². The highest BCUT2D eigenvalue weighted by atomic mass is 32.2. The number of rotatable bonds is 3. The van der Waals surface area contributed by atoms with Crippen LogP contribution in [0.3, 0.4) is 0 Å². The number of hydrogen-bond acceptors (Lipinski definition) is 4. The Kier molecular flexibility index (Phi) is 5.00. The molecule has 1 saturated heterocycles. The molecule has 0 aromatic carbocycles. The molecule has 0 spiro atoms. The standard InChI is InChI=1S/C13H24O3S2/c1-18(15,16)12-6-2-4-10(8-12)13(14)11-5-3-7-17-9-11/h10-14H,2-9H2,1H3. The lowest BCUT2D eigenvalue weighted by atomic mass is 9.79. The van der Waals surface area contributed by atoms with E-state index in [2.05, 4.69) is 0 Å². The van der Waals surface area contributed by atoms with E-state index in [9.17, 15) is 13.5 Å². The summed E-state index contributed by atoms with van der Waals surface area (Å²) in [6, 6.07) is 0. The second kappa shape index (κ2) is 6.14. The van der Waals surface area contributed by atoms with Crippen molar-refractivity contribution in [3.63, 3.8) is 0 Å². The van der Waals surface area contributed by atoms with Gasteiger partial charge in [-0.2, -0.15) is 11.8 Å². The monoisotopic (exact) mass is 292 g/mol. The first kappa shape index (κ1) is 14.7. The van der Waals surface area contributed by atoms with Gasteiger partial charge in [-0.15, -0.1) is 0 Å². The van der Waals surface area contributed by atoms with Crippen LogP contribution in [0.1, 0.15) is 38.5 Å². The lowest BCUT2D eigenvalue weighted by Crippen LogP contribution is -2.38. The van der Waals surface area contributed by atoms with Crippen LogP contribution in [0, 0.1) is 11.8 Å². The van der Waals surface area contributed by atoms with Crippen LogP contribution in [-0.2, 0) is 9.84 Å². The second-order valence-electron chi connectivity index (χ2n) is 5.85. The molecule has 2 rings (SSSR count). The van der Waals surface area contributed by atoms with Crippen molar-refractivity contribution in [2.75, 3.05) is 17.8 Å². The molecule has 0 aromatic rings. The Morgan fingerprint density at radius 3 is 2.50 bits per heavy atom. The van der Waals surface area contributed by atoms with Crippen molar-refractivity contribution in [1.82, 2.24) is 0 Å². The third-order valence-electron chi connectivity index (χ3n) is 4.43. The molecule has 5 heteroatoms. The zero-order valence-corrected chi connectivity index (χ0v) is 12.7.